The minimum absolute atomic E-state index is 0.182. The van der Waals surface area contributed by atoms with Crippen molar-refractivity contribution in [1.29, 1.82) is 0 Å². The van der Waals surface area contributed by atoms with E-state index < -0.39 is 11.7 Å². The minimum Gasteiger partial charge on any atom is -0.497 e. The second-order valence-electron chi connectivity index (χ2n) is 7.32. The number of rotatable bonds is 6. The van der Waals surface area contributed by atoms with Gasteiger partial charge in [-0.2, -0.15) is 13.2 Å². The Kier molecular flexibility index (Phi) is 6.76. The number of carbonyl (C=O) groups excluding carboxylic acids is 1. The molecule has 2 aromatic carbocycles. The highest BCUT2D eigenvalue weighted by molar-refractivity contribution is 5.91. The van der Waals surface area contributed by atoms with Crippen molar-refractivity contribution in [2.24, 2.45) is 0 Å². The lowest BCUT2D eigenvalue weighted by molar-refractivity contribution is -1.02. The molecule has 3 N–H and O–H groups in total. The van der Waals surface area contributed by atoms with Crippen LogP contribution >= 0.6 is 0 Å². The van der Waals surface area contributed by atoms with Gasteiger partial charge in [0.05, 0.1) is 12.7 Å². The predicted molar refractivity (Wildman–Crippen MR) is 103 cm³/mol. The predicted octanol–water partition coefficient (Wildman–Crippen LogP) is 0.636. The van der Waals surface area contributed by atoms with Gasteiger partial charge in [-0.1, -0.05) is 0 Å². The lowest BCUT2D eigenvalue weighted by Gasteiger charge is -2.29. The minimum atomic E-state index is -4.37. The SMILES string of the molecule is COc1ccc(C[NH+]2CC[NH+](CC(=O)Nc3ccc(C(F)(F)F)cc3)CC2)cc1. The van der Waals surface area contributed by atoms with Gasteiger partial charge >= 0.3 is 6.18 Å². The largest absolute Gasteiger partial charge is 0.497 e. The standard InChI is InChI=1S/C21H24F3N3O2/c1-29-19-8-2-16(3-9-19)14-26-10-12-27(13-11-26)15-20(28)25-18-6-4-17(5-7-18)21(22,23)24/h2-9H,10-15H2,1H3,(H,25,28)/p+2. The Morgan fingerprint density at radius 3 is 2.10 bits per heavy atom. The Balaban J connectivity index is 1.42. The van der Waals surface area contributed by atoms with Gasteiger partial charge in [0.15, 0.2) is 6.54 Å². The molecule has 0 aromatic heterocycles. The van der Waals surface area contributed by atoms with E-state index >= 15 is 0 Å². The molecule has 0 bridgehead atoms. The van der Waals surface area contributed by atoms with E-state index in [0.29, 0.717) is 12.2 Å². The number of nitrogens with one attached hydrogen (secondary N) is 3. The number of ether oxygens (including phenoxy) is 1. The van der Waals surface area contributed by atoms with E-state index in [9.17, 15) is 18.0 Å². The molecule has 1 heterocycles. The fourth-order valence-corrected chi connectivity index (χ4v) is 3.52. The summed E-state index contributed by atoms with van der Waals surface area (Å²) in [6, 6.07) is 12.6. The van der Waals surface area contributed by atoms with Crippen LogP contribution in [0.1, 0.15) is 11.1 Å². The number of methoxy groups -OCH3 is 1. The Hall–Kier alpha value is -2.58. The maximum atomic E-state index is 12.6. The Morgan fingerprint density at radius 2 is 1.55 bits per heavy atom. The van der Waals surface area contributed by atoms with Gasteiger partial charge in [0.1, 0.15) is 38.5 Å². The third-order valence-corrected chi connectivity index (χ3v) is 5.18. The summed E-state index contributed by atoms with van der Waals surface area (Å²) in [5, 5.41) is 2.68. The third-order valence-electron chi connectivity index (χ3n) is 5.18. The number of alkyl halides is 3. The molecule has 29 heavy (non-hydrogen) atoms. The van der Waals surface area contributed by atoms with Crippen molar-refractivity contribution >= 4 is 11.6 Å². The first kappa shape index (κ1) is 21.1. The van der Waals surface area contributed by atoms with Gasteiger partial charge < -0.3 is 19.9 Å². The maximum absolute atomic E-state index is 12.6. The van der Waals surface area contributed by atoms with Crippen molar-refractivity contribution in [1.82, 2.24) is 0 Å². The van der Waals surface area contributed by atoms with Gasteiger partial charge in [-0.05, 0) is 48.5 Å². The first-order valence-corrected chi connectivity index (χ1v) is 9.60. The average molecular weight is 409 g/mol. The molecule has 0 atom stereocenters. The van der Waals surface area contributed by atoms with Gasteiger partial charge in [-0.3, -0.25) is 4.79 Å². The number of quaternary nitrogens is 2. The molecule has 1 amide bonds. The summed E-state index contributed by atoms with van der Waals surface area (Å²) in [6.07, 6.45) is -4.37. The number of halogens is 3. The highest BCUT2D eigenvalue weighted by atomic mass is 19.4. The van der Waals surface area contributed by atoms with Crippen LogP contribution < -0.4 is 19.9 Å². The van der Waals surface area contributed by atoms with Crippen LogP contribution in [-0.2, 0) is 17.5 Å². The second-order valence-corrected chi connectivity index (χ2v) is 7.32. The van der Waals surface area contributed by atoms with E-state index in [-0.39, 0.29) is 5.91 Å². The molecule has 156 valence electrons. The summed E-state index contributed by atoms with van der Waals surface area (Å²) in [5.74, 6) is 0.662. The van der Waals surface area contributed by atoms with Crippen LogP contribution in [0.15, 0.2) is 48.5 Å². The van der Waals surface area contributed by atoms with E-state index in [1.54, 1.807) is 7.11 Å². The molecule has 0 spiro atoms. The molecule has 3 rings (SSSR count). The summed E-state index contributed by atoms with van der Waals surface area (Å²) in [6.45, 7) is 4.95. The topological polar surface area (TPSA) is 47.2 Å². The van der Waals surface area contributed by atoms with Crippen molar-refractivity contribution in [2.75, 3.05) is 45.2 Å². The Morgan fingerprint density at radius 1 is 0.966 bits per heavy atom. The molecule has 8 heteroatoms. The second kappa shape index (κ2) is 9.28. The van der Waals surface area contributed by atoms with E-state index in [4.69, 9.17) is 4.74 Å². The van der Waals surface area contributed by atoms with Crippen LogP contribution in [0, 0.1) is 0 Å². The molecule has 0 radical (unpaired) electrons. The van der Waals surface area contributed by atoms with Gasteiger partial charge in [-0.15, -0.1) is 0 Å². The molecule has 0 aliphatic carbocycles. The van der Waals surface area contributed by atoms with E-state index in [0.717, 1.165) is 50.6 Å². The summed E-state index contributed by atoms with van der Waals surface area (Å²) in [5.41, 5.74) is 0.910. The Bertz CT molecular complexity index is 799. The zero-order valence-electron chi connectivity index (χ0n) is 16.3. The molecular weight excluding hydrogens is 383 g/mol. The summed E-state index contributed by atoms with van der Waals surface area (Å²) >= 11 is 0. The summed E-state index contributed by atoms with van der Waals surface area (Å²) < 4.78 is 43.0. The summed E-state index contributed by atoms with van der Waals surface area (Å²) in [7, 11) is 1.65. The monoisotopic (exact) mass is 409 g/mol. The van der Waals surface area contributed by atoms with Crippen molar-refractivity contribution in [3.8, 4) is 5.75 Å². The molecule has 0 unspecified atom stereocenters. The molecule has 1 fully saturated rings. The molecule has 1 aliphatic heterocycles. The molecule has 1 saturated heterocycles. The zero-order chi connectivity index (χ0) is 20.9. The molecule has 0 saturated carbocycles. The van der Waals surface area contributed by atoms with E-state index in [1.165, 1.54) is 27.5 Å². The van der Waals surface area contributed by atoms with Gasteiger partial charge in [-0.25, -0.2) is 0 Å². The number of piperazine rings is 1. The smallest absolute Gasteiger partial charge is 0.416 e. The van der Waals surface area contributed by atoms with Crippen molar-refractivity contribution < 1.29 is 32.5 Å². The van der Waals surface area contributed by atoms with Crippen LogP contribution in [0.5, 0.6) is 5.75 Å². The number of carbonyl (C=O) groups is 1. The van der Waals surface area contributed by atoms with Gasteiger partial charge in [0.2, 0.25) is 0 Å². The van der Waals surface area contributed by atoms with Crippen LogP contribution in [0.4, 0.5) is 18.9 Å². The lowest BCUT2D eigenvalue weighted by atomic mass is 10.2. The Labute approximate surface area is 168 Å². The average Bonchev–Trinajstić information content (AvgIpc) is 2.70. The highest BCUT2D eigenvalue weighted by Gasteiger charge is 2.30. The lowest BCUT2D eigenvalue weighted by Crippen LogP contribution is -3.28. The number of hydrogen-bond donors (Lipinski definition) is 3. The first-order valence-electron chi connectivity index (χ1n) is 9.60. The van der Waals surface area contributed by atoms with Gasteiger partial charge in [0, 0.05) is 11.3 Å². The van der Waals surface area contributed by atoms with E-state index in [1.807, 2.05) is 12.1 Å². The number of amides is 1. The maximum Gasteiger partial charge on any atom is 0.416 e. The van der Waals surface area contributed by atoms with Crippen LogP contribution in [-0.4, -0.2) is 45.7 Å². The number of benzene rings is 2. The van der Waals surface area contributed by atoms with Gasteiger partial charge in [0.25, 0.3) is 5.91 Å². The quantitative estimate of drug-likeness (QED) is 0.656. The van der Waals surface area contributed by atoms with Crippen LogP contribution in [0.2, 0.25) is 0 Å². The third kappa shape index (κ3) is 6.20. The van der Waals surface area contributed by atoms with Crippen molar-refractivity contribution in [3.63, 3.8) is 0 Å². The number of anilines is 1. The highest BCUT2D eigenvalue weighted by Crippen LogP contribution is 2.29. The normalized spacial score (nSPS) is 19.6. The fourth-order valence-electron chi connectivity index (χ4n) is 3.52. The molecule has 2 aromatic rings. The fraction of sp³-hybridized carbons (Fsp3) is 0.381. The van der Waals surface area contributed by atoms with E-state index in [2.05, 4.69) is 17.4 Å². The zero-order valence-corrected chi connectivity index (χ0v) is 16.3. The van der Waals surface area contributed by atoms with Crippen LogP contribution in [0.25, 0.3) is 0 Å². The van der Waals surface area contributed by atoms with Crippen LogP contribution in [0.3, 0.4) is 0 Å². The molecular formula is C21H26F3N3O2+2. The first-order chi connectivity index (χ1) is 13.8. The summed E-state index contributed by atoms with van der Waals surface area (Å²) in [4.78, 5) is 14.9. The van der Waals surface area contributed by atoms with Crippen molar-refractivity contribution in [3.05, 3.63) is 59.7 Å². The molecule has 5 nitrogen and oxygen atoms in total. The molecule has 1 aliphatic rings. The van der Waals surface area contributed by atoms with Crippen molar-refractivity contribution in [2.45, 2.75) is 12.7 Å². The number of hydrogen-bond acceptors (Lipinski definition) is 2.